The van der Waals surface area contributed by atoms with Crippen molar-refractivity contribution in [3.8, 4) is 5.75 Å². The number of alkyl carbamates (subject to hydrolysis) is 1. The van der Waals surface area contributed by atoms with Crippen LogP contribution < -0.4 is 15.0 Å². The number of carbonyl (C=O) groups excluding carboxylic acids is 1. The average molecular weight is 523 g/mol. The van der Waals surface area contributed by atoms with Crippen molar-refractivity contribution in [3.05, 3.63) is 58.8 Å². The van der Waals surface area contributed by atoms with Crippen LogP contribution >= 0.6 is 0 Å². The molecule has 3 aliphatic heterocycles. The molecular formula is C32H46N2O4. The van der Waals surface area contributed by atoms with Crippen LogP contribution in [0.3, 0.4) is 0 Å². The van der Waals surface area contributed by atoms with Crippen molar-refractivity contribution in [2.24, 2.45) is 0 Å². The molecule has 4 unspecified atom stereocenters. The Morgan fingerprint density at radius 1 is 1.26 bits per heavy atom. The van der Waals surface area contributed by atoms with Gasteiger partial charge in [-0.15, -0.1) is 0 Å². The molecule has 0 saturated carbocycles. The quantitative estimate of drug-likeness (QED) is 0.431. The number of hydrogen-bond donors (Lipinski definition) is 1. The van der Waals surface area contributed by atoms with Crippen molar-refractivity contribution in [1.29, 1.82) is 0 Å². The molecule has 0 spiro atoms. The minimum absolute atomic E-state index is 0.0870. The zero-order chi connectivity index (χ0) is 27.3. The molecule has 0 radical (unpaired) electrons. The third-order valence-electron chi connectivity index (χ3n) is 8.15. The van der Waals surface area contributed by atoms with Gasteiger partial charge >= 0.3 is 6.09 Å². The van der Waals surface area contributed by atoms with Gasteiger partial charge in [-0.1, -0.05) is 50.1 Å². The lowest BCUT2D eigenvalue weighted by molar-refractivity contribution is 0.0505. The number of ether oxygens (including phenoxy) is 3. The van der Waals surface area contributed by atoms with Crippen LogP contribution in [-0.2, 0) is 22.3 Å². The number of nitrogens with zero attached hydrogens (tertiary/aromatic N) is 1. The van der Waals surface area contributed by atoms with E-state index >= 15 is 0 Å². The van der Waals surface area contributed by atoms with Crippen molar-refractivity contribution < 1.29 is 19.0 Å². The molecule has 1 aromatic carbocycles. The van der Waals surface area contributed by atoms with Crippen molar-refractivity contribution in [2.45, 2.75) is 109 Å². The van der Waals surface area contributed by atoms with Crippen LogP contribution in [0.25, 0.3) is 0 Å². The first kappa shape index (κ1) is 28.3. The number of epoxide rings is 1. The third kappa shape index (κ3) is 6.82. The van der Waals surface area contributed by atoms with E-state index in [2.05, 4.69) is 81.4 Å². The van der Waals surface area contributed by atoms with Gasteiger partial charge < -0.3 is 24.4 Å². The maximum atomic E-state index is 12.2. The lowest BCUT2D eigenvalue weighted by Gasteiger charge is -2.29. The van der Waals surface area contributed by atoms with Gasteiger partial charge in [-0.05, 0) is 70.1 Å². The number of carbonyl (C=O) groups is 1. The first-order valence-electron chi connectivity index (χ1n) is 14.4. The normalized spacial score (nSPS) is 31.5. The maximum absolute atomic E-state index is 12.2. The second-order valence-electron chi connectivity index (χ2n) is 11.3. The molecule has 4 bridgehead atoms. The topological polar surface area (TPSA) is 63.3 Å². The highest BCUT2D eigenvalue weighted by atomic mass is 16.6. The monoisotopic (exact) mass is 522 g/mol. The van der Waals surface area contributed by atoms with Gasteiger partial charge in [0.15, 0.2) is 0 Å². The van der Waals surface area contributed by atoms with Crippen molar-refractivity contribution >= 4 is 11.8 Å². The largest absolute Gasteiger partial charge is 0.496 e. The van der Waals surface area contributed by atoms with Crippen molar-refractivity contribution in [2.75, 3.05) is 19.1 Å². The van der Waals surface area contributed by atoms with E-state index in [0.29, 0.717) is 0 Å². The highest BCUT2D eigenvalue weighted by Gasteiger charge is 2.53. The molecule has 6 nitrogen and oxygen atoms in total. The molecule has 2 saturated heterocycles. The molecule has 6 heteroatoms. The smallest absolute Gasteiger partial charge is 0.407 e. The zero-order valence-corrected chi connectivity index (χ0v) is 24.1. The van der Waals surface area contributed by atoms with Gasteiger partial charge in [-0.3, -0.25) is 0 Å². The fraction of sp³-hybridized carbons (Fsp3) is 0.594. The zero-order valence-electron chi connectivity index (χ0n) is 24.1. The van der Waals surface area contributed by atoms with Gasteiger partial charge in [0, 0.05) is 42.9 Å². The van der Waals surface area contributed by atoms with E-state index in [1.54, 1.807) is 7.11 Å². The summed E-state index contributed by atoms with van der Waals surface area (Å²) in [6, 6.07) is 4.64. The van der Waals surface area contributed by atoms with Crippen LogP contribution in [0.2, 0.25) is 0 Å². The van der Waals surface area contributed by atoms with Gasteiger partial charge in [0.2, 0.25) is 0 Å². The molecule has 1 N–H and O–H groups in total. The van der Waals surface area contributed by atoms with E-state index in [9.17, 15) is 4.79 Å². The fourth-order valence-corrected chi connectivity index (χ4v) is 5.92. The van der Waals surface area contributed by atoms with Crippen LogP contribution in [0.4, 0.5) is 10.5 Å². The first-order chi connectivity index (χ1) is 18.3. The summed E-state index contributed by atoms with van der Waals surface area (Å²) in [7, 11) is 3.97. The molecule has 4 atom stereocenters. The summed E-state index contributed by atoms with van der Waals surface area (Å²) in [5, 5.41) is 2.98. The maximum Gasteiger partial charge on any atom is 0.407 e. The summed E-state index contributed by atoms with van der Waals surface area (Å²) < 4.78 is 17.8. The van der Waals surface area contributed by atoms with E-state index in [4.69, 9.17) is 14.2 Å². The Kier molecular flexibility index (Phi) is 9.24. The molecule has 4 rings (SSSR count). The summed E-state index contributed by atoms with van der Waals surface area (Å²) in [4.78, 5) is 14.6. The van der Waals surface area contributed by atoms with Gasteiger partial charge in [-0.25, -0.2) is 4.79 Å². The number of anilines is 1. The van der Waals surface area contributed by atoms with Crippen LogP contribution in [0, 0.1) is 0 Å². The minimum Gasteiger partial charge on any atom is -0.496 e. The average Bonchev–Trinajstić information content (AvgIpc) is 3.52. The van der Waals surface area contributed by atoms with Crippen LogP contribution in [0.5, 0.6) is 5.75 Å². The van der Waals surface area contributed by atoms with Crippen LogP contribution in [0.15, 0.2) is 47.7 Å². The molecule has 0 aliphatic carbocycles. The lowest BCUT2D eigenvalue weighted by atomic mass is 9.93. The molecular weight excluding hydrogens is 476 g/mol. The Morgan fingerprint density at radius 2 is 2.08 bits per heavy atom. The summed E-state index contributed by atoms with van der Waals surface area (Å²) in [5.74, 6) is 0.969. The van der Waals surface area contributed by atoms with E-state index in [0.717, 1.165) is 63.5 Å². The predicted octanol–water partition coefficient (Wildman–Crippen LogP) is 7.02. The van der Waals surface area contributed by atoms with Gasteiger partial charge in [0.05, 0.1) is 18.8 Å². The molecule has 38 heavy (non-hydrogen) atoms. The number of amides is 1. The number of hydrogen-bond acceptors (Lipinski definition) is 5. The van der Waals surface area contributed by atoms with E-state index in [-0.39, 0.29) is 29.9 Å². The predicted molar refractivity (Wildman–Crippen MR) is 154 cm³/mol. The standard InChI is InChI=1S/C32H46N2O4/c1-7-11-25-15-16-32(4)30(38-32)21-26-20-24(33-31(35)37-26)14-10-9-13-22(3)17-23-18-28(34(25)5)27(12-8-2)29(19-23)36-6/h9-11,13,18-19,24,26,30H,7-8,12,14-17,20-21H2,1-6H3,(H,33,35)/b10-9+,22-13+,25-11-. The summed E-state index contributed by atoms with van der Waals surface area (Å²) in [6.45, 7) is 8.79. The molecule has 208 valence electrons. The molecule has 3 heterocycles. The number of fused-ring (bicyclic) bond motifs is 5. The number of methoxy groups -OCH3 is 1. The second-order valence-corrected chi connectivity index (χ2v) is 11.3. The Morgan fingerprint density at radius 3 is 2.82 bits per heavy atom. The molecule has 1 aromatic rings. The molecule has 3 aliphatic rings. The van der Waals surface area contributed by atoms with Gasteiger partial charge in [0.25, 0.3) is 0 Å². The molecule has 1 amide bonds. The Labute approximate surface area is 229 Å². The van der Waals surface area contributed by atoms with Gasteiger partial charge in [-0.2, -0.15) is 0 Å². The SMILES string of the molecule is CC/C=C1/CCC2(C)OC2CC2CC(C/C=C/C=C(\C)Cc3cc(OC)c(CCC)c(c3)N1C)NC(=O)O2. The van der Waals surface area contributed by atoms with E-state index < -0.39 is 0 Å². The summed E-state index contributed by atoms with van der Waals surface area (Å²) in [6.07, 6.45) is 16.5. The summed E-state index contributed by atoms with van der Waals surface area (Å²) >= 11 is 0. The van der Waals surface area contributed by atoms with E-state index in [1.807, 2.05) is 0 Å². The Bertz CT molecular complexity index is 1090. The van der Waals surface area contributed by atoms with Crippen LogP contribution in [-0.4, -0.2) is 44.1 Å². The highest BCUT2D eigenvalue weighted by Crippen LogP contribution is 2.45. The third-order valence-corrected chi connectivity index (χ3v) is 8.15. The van der Waals surface area contributed by atoms with Gasteiger partial charge in [0.1, 0.15) is 11.9 Å². The van der Waals surface area contributed by atoms with Crippen molar-refractivity contribution in [1.82, 2.24) is 5.32 Å². The molecule has 2 fully saturated rings. The fourth-order valence-electron chi connectivity index (χ4n) is 5.92. The lowest BCUT2D eigenvalue weighted by Crippen LogP contribution is -2.45. The molecule has 0 aromatic heterocycles. The number of benzene rings is 1. The van der Waals surface area contributed by atoms with Crippen molar-refractivity contribution in [3.63, 3.8) is 0 Å². The highest BCUT2D eigenvalue weighted by molar-refractivity contribution is 5.68. The first-order valence-corrected chi connectivity index (χ1v) is 14.4. The van der Waals surface area contributed by atoms with E-state index in [1.165, 1.54) is 28.1 Å². The Balaban J connectivity index is 1.69. The number of rotatable bonds is 4. The second kappa shape index (κ2) is 12.4. The summed E-state index contributed by atoms with van der Waals surface area (Å²) in [5.41, 5.74) is 6.14. The van der Waals surface area contributed by atoms with Crippen LogP contribution in [0.1, 0.15) is 83.8 Å². The number of nitrogens with one attached hydrogen (secondary N) is 1. The minimum atomic E-state index is -0.314. The number of allylic oxidation sites excluding steroid dienone is 5. The Hall–Kier alpha value is -2.73.